The van der Waals surface area contributed by atoms with E-state index in [-0.39, 0.29) is 0 Å². The number of rotatable bonds is 10. The maximum Gasteiger partial charge on any atom is 0.191 e. The summed E-state index contributed by atoms with van der Waals surface area (Å²) in [5.41, 5.74) is 0. The van der Waals surface area contributed by atoms with E-state index < -0.39 is 0 Å². The molecule has 0 aliphatic carbocycles. The fraction of sp³-hybridized carbons (Fsp3) is 0.941. The summed E-state index contributed by atoms with van der Waals surface area (Å²) in [6.07, 6.45) is 11.3. The minimum atomic E-state index is 0.676. The molecular weight excluding hydrogens is 292 g/mol. The number of thioether (sulfide) groups is 1. The molecule has 0 amide bonds. The van der Waals surface area contributed by atoms with Gasteiger partial charge in [-0.1, -0.05) is 19.8 Å². The molecule has 1 aliphatic rings. The van der Waals surface area contributed by atoms with Gasteiger partial charge in [0.2, 0.25) is 0 Å². The number of hydrogen-bond donors (Lipinski definition) is 2. The summed E-state index contributed by atoms with van der Waals surface area (Å²) in [5, 5.41) is 6.97. The summed E-state index contributed by atoms with van der Waals surface area (Å²) in [6.45, 7) is 6.84. The van der Waals surface area contributed by atoms with Crippen molar-refractivity contribution in [1.82, 2.24) is 15.5 Å². The van der Waals surface area contributed by atoms with Crippen LogP contribution >= 0.6 is 11.8 Å². The zero-order chi connectivity index (χ0) is 16.0. The average Bonchev–Trinajstić information content (AvgIpc) is 2.56. The van der Waals surface area contributed by atoms with Crippen LogP contribution in [-0.2, 0) is 0 Å². The van der Waals surface area contributed by atoms with Gasteiger partial charge in [-0.25, -0.2) is 0 Å². The van der Waals surface area contributed by atoms with Crippen LogP contribution in [0.2, 0.25) is 0 Å². The third kappa shape index (κ3) is 8.28. The van der Waals surface area contributed by atoms with Gasteiger partial charge in [0, 0.05) is 26.2 Å². The molecule has 1 aliphatic heterocycles. The summed E-state index contributed by atoms with van der Waals surface area (Å²) in [6, 6.07) is 0.676. The highest BCUT2D eigenvalue weighted by molar-refractivity contribution is 7.98. The van der Waals surface area contributed by atoms with Crippen molar-refractivity contribution in [2.75, 3.05) is 45.2 Å². The first-order valence-corrected chi connectivity index (χ1v) is 10.4. The van der Waals surface area contributed by atoms with E-state index in [1.54, 1.807) is 0 Å². The molecule has 4 nitrogen and oxygen atoms in total. The first-order valence-electron chi connectivity index (χ1n) is 8.99. The number of nitrogens with zero attached hydrogens (tertiary/aromatic N) is 2. The van der Waals surface area contributed by atoms with E-state index in [1.807, 2.05) is 18.8 Å². The normalized spacial score (nSPS) is 20.1. The lowest BCUT2D eigenvalue weighted by Gasteiger charge is -2.36. The minimum Gasteiger partial charge on any atom is -0.356 e. The Bertz CT molecular complexity index is 296. The number of unbranched alkanes of at least 4 members (excludes halogenated alkanes) is 2. The summed E-state index contributed by atoms with van der Waals surface area (Å²) in [5.74, 6) is 2.22. The van der Waals surface area contributed by atoms with Crippen molar-refractivity contribution in [3.8, 4) is 0 Å². The molecule has 1 atom stereocenters. The molecule has 1 rings (SSSR count). The third-order valence-corrected chi connectivity index (χ3v) is 5.04. The molecule has 0 bridgehead atoms. The lowest BCUT2D eigenvalue weighted by molar-refractivity contribution is 0.147. The van der Waals surface area contributed by atoms with Crippen molar-refractivity contribution >= 4 is 17.7 Å². The Morgan fingerprint density at radius 1 is 1.23 bits per heavy atom. The van der Waals surface area contributed by atoms with Gasteiger partial charge in [0.25, 0.3) is 0 Å². The van der Waals surface area contributed by atoms with Crippen LogP contribution in [0, 0.1) is 0 Å². The molecule has 22 heavy (non-hydrogen) atoms. The number of nitrogens with one attached hydrogen (secondary N) is 2. The molecule has 0 radical (unpaired) electrons. The molecule has 1 heterocycles. The summed E-state index contributed by atoms with van der Waals surface area (Å²) in [4.78, 5) is 7.02. The van der Waals surface area contributed by atoms with Crippen molar-refractivity contribution in [3.05, 3.63) is 0 Å². The lowest BCUT2D eigenvalue weighted by atomic mass is 10.0. The topological polar surface area (TPSA) is 39.7 Å². The van der Waals surface area contributed by atoms with E-state index in [4.69, 9.17) is 0 Å². The van der Waals surface area contributed by atoms with Crippen LogP contribution in [0.15, 0.2) is 4.99 Å². The van der Waals surface area contributed by atoms with Gasteiger partial charge in [-0.2, -0.15) is 11.8 Å². The van der Waals surface area contributed by atoms with Crippen LogP contribution < -0.4 is 10.6 Å². The smallest absolute Gasteiger partial charge is 0.191 e. The van der Waals surface area contributed by atoms with Gasteiger partial charge in [0.15, 0.2) is 5.96 Å². The second kappa shape index (κ2) is 13.1. The Labute approximate surface area is 141 Å². The first-order chi connectivity index (χ1) is 10.8. The van der Waals surface area contributed by atoms with Crippen molar-refractivity contribution in [2.45, 2.75) is 57.9 Å². The van der Waals surface area contributed by atoms with Crippen LogP contribution in [-0.4, -0.2) is 62.1 Å². The van der Waals surface area contributed by atoms with Crippen LogP contribution in [0.5, 0.6) is 0 Å². The van der Waals surface area contributed by atoms with Crippen molar-refractivity contribution in [2.24, 2.45) is 4.99 Å². The molecule has 0 spiro atoms. The lowest BCUT2D eigenvalue weighted by Crippen LogP contribution is -2.49. The van der Waals surface area contributed by atoms with Gasteiger partial charge in [0.05, 0.1) is 0 Å². The van der Waals surface area contributed by atoms with Gasteiger partial charge in [-0.3, -0.25) is 9.89 Å². The number of hydrogen-bond acceptors (Lipinski definition) is 3. The Balaban J connectivity index is 2.25. The fourth-order valence-corrected chi connectivity index (χ4v) is 3.45. The molecule has 1 saturated heterocycles. The van der Waals surface area contributed by atoms with Crippen molar-refractivity contribution in [1.29, 1.82) is 0 Å². The molecule has 0 aromatic carbocycles. The van der Waals surface area contributed by atoms with Crippen LogP contribution in [0.3, 0.4) is 0 Å². The number of piperidine rings is 1. The zero-order valence-corrected chi connectivity index (χ0v) is 15.7. The Hall–Kier alpha value is -0.420. The van der Waals surface area contributed by atoms with Crippen LogP contribution in [0.4, 0.5) is 0 Å². The van der Waals surface area contributed by atoms with Gasteiger partial charge in [-0.05, 0) is 57.2 Å². The van der Waals surface area contributed by atoms with Gasteiger partial charge < -0.3 is 10.6 Å². The van der Waals surface area contributed by atoms with Gasteiger partial charge in [-0.15, -0.1) is 0 Å². The SMILES string of the molecule is CCCCN1CCCCC1CNC(=NC)NCCCCSC. The van der Waals surface area contributed by atoms with Gasteiger partial charge in [0.1, 0.15) is 0 Å². The van der Waals surface area contributed by atoms with Crippen LogP contribution in [0.1, 0.15) is 51.9 Å². The number of guanidine groups is 1. The van der Waals surface area contributed by atoms with E-state index >= 15 is 0 Å². The van der Waals surface area contributed by atoms with E-state index in [0.717, 1.165) is 19.0 Å². The molecular formula is C17H36N4S. The highest BCUT2D eigenvalue weighted by atomic mass is 32.2. The maximum atomic E-state index is 4.35. The molecule has 1 fully saturated rings. The average molecular weight is 329 g/mol. The predicted molar refractivity (Wildman–Crippen MR) is 101 cm³/mol. The van der Waals surface area contributed by atoms with Crippen molar-refractivity contribution in [3.63, 3.8) is 0 Å². The minimum absolute atomic E-state index is 0.676. The molecule has 2 N–H and O–H groups in total. The Morgan fingerprint density at radius 2 is 2.09 bits per heavy atom. The van der Waals surface area contributed by atoms with E-state index in [1.165, 1.54) is 63.8 Å². The second-order valence-corrected chi connectivity index (χ2v) is 7.10. The molecule has 1 unspecified atom stereocenters. The van der Waals surface area contributed by atoms with Crippen molar-refractivity contribution < 1.29 is 0 Å². The first kappa shape index (κ1) is 19.6. The molecule has 0 aromatic heterocycles. The summed E-state index contributed by atoms with van der Waals surface area (Å²) in [7, 11) is 1.87. The summed E-state index contributed by atoms with van der Waals surface area (Å²) >= 11 is 1.92. The largest absolute Gasteiger partial charge is 0.356 e. The Morgan fingerprint density at radius 3 is 2.82 bits per heavy atom. The highest BCUT2D eigenvalue weighted by Crippen LogP contribution is 2.16. The Kier molecular flexibility index (Phi) is 11.6. The monoisotopic (exact) mass is 328 g/mol. The fourth-order valence-electron chi connectivity index (χ4n) is 2.96. The maximum absolute atomic E-state index is 4.35. The summed E-state index contributed by atoms with van der Waals surface area (Å²) < 4.78 is 0. The highest BCUT2D eigenvalue weighted by Gasteiger charge is 2.21. The third-order valence-electron chi connectivity index (χ3n) is 4.34. The number of likely N-dealkylation sites (tertiary alicyclic amines) is 1. The standard InChI is InChI=1S/C17H36N4S/c1-4-5-12-21-13-8-6-10-16(21)15-20-17(18-2)19-11-7-9-14-22-3/h16H,4-15H2,1-3H3,(H2,18,19,20). The quantitative estimate of drug-likeness (QED) is 0.367. The van der Waals surface area contributed by atoms with E-state index in [2.05, 4.69) is 33.7 Å². The number of aliphatic imine (C=N–C) groups is 1. The van der Waals surface area contributed by atoms with E-state index in [9.17, 15) is 0 Å². The molecule has 130 valence electrons. The zero-order valence-electron chi connectivity index (χ0n) is 14.9. The predicted octanol–water partition coefficient (Wildman–Crippen LogP) is 2.95. The van der Waals surface area contributed by atoms with Gasteiger partial charge >= 0.3 is 0 Å². The van der Waals surface area contributed by atoms with E-state index in [0.29, 0.717) is 6.04 Å². The van der Waals surface area contributed by atoms with Crippen LogP contribution in [0.25, 0.3) is 0 Å². The molecule has 0 saturated carbocycles. The second-order valence-electron chi connectivity index (χ2n) is 6.12. The molecule has 5 heteroatoms. The molecule has 0 aromatic rings.